The maximum atomic E-state index is 12.8. The molecule has 108 valence electrons. The van der Waals surface area contributed by atoms with Gasteiger partial charge in [-0.05, 0) is 24.5 Å². The number of fused-ring (bicyclic) bond motifs is 1. The fourth-order valence-corrected chi connectivity index (χ4v) is 5.55. The number of benzene rings is 1. The zero-order valence-electron chi connectivity index (χ0n) is 11.9. The molecule has 20 heavy (non-hydrogen) atoms. The highest BCUT2D eigenvalue weighted by molar-refractivity contribution is 8.08. The van der Waals surface area contributed by atoms with Crippen LogP contribution in [0.4, 0.5) is 0 Å². The average Bonchev–Trinajstić information content (AvgIpc) is 2.49. The van der Waals surface area contributed by atoms with Crippen LogP contribution in [-0.2, 0) is 6.42 Å². The lowest BCUT2D eigenvalue weighted by atomic mass is 9.99. The van der Waals surface area contributed by atoms with E-state index in [1.54, 1.807) is 0 Å². The van der Waals surface area contributed by atoms with Gasteiger partial charge < -0.3 is 4.74 Å². The van der Waals surface area contributed by atoms with Crippen molar-refractivity contribution in [3.05, 3.63) is 29.3 Å². The van der Waals surface area contributed by atoms with Crippen molar-refractivity contribution in [1.29, 1.82) is 0 Å². The number of hydrogen-bond donors (Lipinski definition) is 0. The molecule has 0 spiro atoms. The first kappa shape index (κ1) is 14.3. The summed E-state index contributed by atoms with van der Waals surface area (Å²) in [6.07, 6.45) is 2.07. The minimum Gasteiger partial charge on any atom is -0.493 e. The number of aryl methyl sites for hydroxylation is 1. The van der Waals surface area contributed by atoms with E-state index in [0.717, 1.165) is 36.5 Å². The Balaban J connectivity index is 1.84. The van der Waals surface area contributed by atoms with Crippen molar-refractivity contribution in [3.63, 3.8) is 0 Å². The zero-order chi connectivity index (χ0) is 14.1. The summed E-state index contributed by atoms with van der Waals surface area (Å²) in [7, 11) is 0. The van der Waals surface area contributed by atoms with E-state index in [1.807, 2.05) is 35.7 Å². The van der Waals surface area contributed by atoms with Crippen molar-refractivity contribution in [2.75, 3.05) is 12.4 Å². The first-order valence-electron chi connectivity index (χ1n) is 7.23. The number of carbonyl (C=O) groups is 1. The molecule has 2 aliphatic heterocycles. The Kier molecular flexibility index (Phi) is 4.32. The SMILES string of the molecule is CC1SCC(C(=O)c2cccc3c2OCCC3)SC1C. The molecule has 3 rings (SSSR count). The molecule has 1 saturated heterocycles. The molecule has 3 unspecified atom stereocenters. The fourth-order valence-electron chi connectivity index (χ4n) is 2.68. The molecule has 0 bridgehead atoms. The third-order valence-corrected chi connectivity index (χ3v) is 7.43. The van der Waals surface area contributed by atoms with Crippen LogP contribution < -0.4 is 4.74 Å². The van der Waals surface area contributed by atoms with Crippen LogP contribution in [0, 0.1) is 0 Å². The van der Waals surface area contributed by atoms with Crippen LogP contribution in [0.15, 0.2) is 18.2 Å². The number of hydrogen-bond acceptors (Lipinski definition) is 4. The Morgan fingerprint density at radius 1 is 1.30 bits per heavy atom. The summed E-state index contributed by atoms with van der Waals surface area (Å²) in [4.78, 5) is 12.8. The predicted molar refractivity (Wildman–Crippen MR) is 87.3 cm³/mol. The van der Waals surface area contributed by atoms with Crippen molar-refractivity contribution < 1.29 is 9.53 Å². The highest BCUT2D eigenvalue weighted by Gasteiger charge is 2.32. The molecule has 2 aliphatic rings. The van der Waals surface area contributed by atoms with Gasteiger partial charge in [-0.1, -0.05) is 26.0 Å². The molecule has 0 aromatic heterocycles. The van der Waals surface area contributed by atoms with Gasteiger partial charge in [0.1, 0.15) is 5.75 Å². The maximum absolute atomic E-state index is 12.8. The van der Waals surface area contributed by atoms with Crippen LogP contribution in [0.1, 0.15) is 36.2 Å². The third kappa shape index (κ3) is 2.73. The van der Waals surface area contributed by atoms with Crippen LogP contribution in [-0.4, -0.2) is 33.9 Å². The van der Waals surface area contributed by atoms with Crippen LogP contribution in [0.2, 0.25) is 0 Å². The number of Topliss-reactive ketones (excluding diaryl/α,β-unsaturated/α-hetero) is 1. The highest BCUT2D eigenvalue weighted by Crippen LogP contribution is 2.39. The monoisotopic (exact) mass is 308 g/mol. The van der Waals surface area contributed by atoms with Crippen molar-refractivity contribution in [1.82, 2.24) is 0 Å². The van der Waals surface area contributed by atoms with Gasteiger partial charge in [-0.3, -0.25) is 4.79 Å². The molecule has 4 heteroatoms. The molecule has 2 nitrogen and oxygen atoms in total. The standard InChI is InChI=1S/C16H20O2S2/c1-10-11(2)20-14(9-19-10)15(17)13-7-3-5-12-6-4-8-18-16(12)13/h3,5,7,10-11,14H,4,6,8-9H2,1-2H3. The van der Waals surface area contributed by atoms with Crippen LogP contribution in [0.25, 0.3) is 0 Å². The average molecular weight is 308 g/mol. The van der Waals surface area contributed by atoms with Gasteiger partial charge in [0.05, 0.1) is 17.4 Å². The summed E-state index contributed by atoms with van der Waals surface area (Å²) in [6, 6.07) is 6.01. The molecule has 3 atom stereocenters. The van der Waals surface area contributed by atoms with Crippen molar-refractivity contribution in [2.24, 2.45) is 0 Å². The van der Waals surface area contributed by atoms with E-state index in [9.17, 15) is 4.79 Å². The lowest BCUT2D eigenvalue weighted by Gasteiger charge is -2.31. The normalized spacial score (nSPS) is 29.4. The van der Waals surface area contributed by atoms with E-state index in [-0.39, 0.29) is 11.0 Å². The van der Waals surface area contributed by atoms with E-state index < -0.39 is 0 Å². The van der Waals surface area contributed by atoms with Gasteiger partial charge in [0.15, 0.2) is 5.78 Å². The fraction of sp³-hybridized carbons (Fsp3) is 0.562. The molecule has 0 N–H and O–H groups in total. The smallest absolute Gasteiger partial charge is 0.180 e. The number of ether oxygens (including phenoxy) is 1. The van der Waals surface area contributed by atoms with Crippen molar-refractivity contribution in [3.8, 4) is 5.75 Å². The van der Waals surface area contributed by atoms with Crippen LogP contribution >= 0.6 is 23.5 Å². The summed E-state index contributed by atoms with van der Waals surface area (Å²) in [5, 5.41) is 1.23. The van der Waals surface area contributed by atoms with E-state index in [2.05, 4.69) is 19.9 Å². The molecule has 1 fully saturated rings. The number of thioether (sulfide) groups is 2. The summed E-state index contributed by atoms with van der Waals surface area (Å²) in [5.41, 5.74) is 1.99. The van der Waals surface area contributed by atoms with Gasteiger partial charge in [-0.2, -0.15) is 11.8 Å². The molecule has 0 aliphatic carbocycles. The molecule has 2 heterocycles. The topological polar surface area (TPSA) is 26.3 Å². The summed E-state index contributed by atoms with van der Waals surface area (Å²) in [5.74, 6) is 2.01. The third-order valence-electron chi connectivity index (χ3n) is 4.04. The largest absolute Gasteiger partial charge is 0.493 e. The summed E-state index contributed by atoms with van der Waals surface area (Å²) in [6.45, 7) is 5.20. The van der Waals surface area contributed by atoms with Crippen molar-refractivity contribution in [2.45, 2.75) is 42.4 Å². The lowest BCUT2D eigenvalue weighted by molar-refractivity contribution is 0.0990. The second-order valence-corrected chi connectivity index (χ2v) is 8.47. The molecule has 1 aromatic rings. The molecular formula is C16H20O2S2. The lowest BCUT2D eigenvalue weighted by Crippen LogP contribution is -2.32. The van der Waals surface area contributed by atoms with Gasteiger partial charge in [-0.25, -0.2) is 0 Å². The van der Waals surface area contributed by atoms with E-state index >= 15 is 0 Å². The van der Waals surface area contributed by atoms with E-state index in [4.69, 9.17) is 4.74 Å². The first-order chi connectivity index (χ1) is 9.66. The van der Waals surface area contributed by atoms with Gasteiger partial charge in [0, 0.05) is 16.3 Å². The summed E-state index contributed by atoms with van der Waals surface area (Å²) >= 11 is 3.73. The highest BCUT2D eigenvalue weighted by atomic mass is 32.2. The first-order valence-corrected chi connectivity index (χ1v) is 9.22. The minimum absolute atomic E-state index is 0.0724. The van der Waals surface area contributed by atoms with E-state index in [0.29, 0.717) is 10.5 Å². The Bertz CT molecular complexity index is 515. The number of ketones is 1. The zero-order valence-corrected chi connectivity index (χ0v) is 13.6. The number of carbonyl (C=O) groups excluding carboxylic acids is 1. The van der Waals surface area contributed by atoms with Crippen LogP contribution in [0.5, 0.6) is 5.75 Å². The van der Waals surface area contributed by atoms with Gasteiger partial charge >= 0.3 is 0 Å². The van der Waals surface area contributed by atoms with Crippen LogP contribution in [0.3, 0.4) is 0 Å². The Hall–Kier alpha value is -0.610. The molecular weight excluding hydrogens is 288 g/mol. The Labute approximate surface area is 129 Å². The molecule has 0 radical (unpaired) electrons. The maximum Gasteiger partial charge on any atom is 0.180 e. The second-order valence-electron chi connectivity index (χ2n) is 5.48. The Morgan fingerprint density at radius 3 is 2.95 bits per heavy atom. The van der Waals surface area contributed by atoms with Gasteiger partial charge in [-0.15, -0.1) is 11.8 Å². The van der Waals surface area contributed by atoms with E-state index in [1.165, 1.54) is 5.56 Å². The summed E-state index contributed by atoms with van der Waals surface area (Å²) < 4.78 is 5.78. The van der Waals surface area contributed by atoms with Gasteiger partial charge in [0.25, 0.3) is 0 Å². The molecule has 1 aromatic carbocycles. The molecule has 0 saturated carbocycles. The molecule has 0 amide bonds. The predicted octanol–water partition coefficient (Wildman–Crippen LogP) is 3.82. The number of rotatable bonds is 2. The van der Waals surface area contributed by atoms with Crippen molar-refractivity contribution >= 4 is 29.3 Å². The van der Waals surface area contributed by atoms with Gasteiger partial charge in [0.2, 0.25) is 0 Å². The Morgan fingerprint density at radius 2 is 2.15 bits per heavy atom. The second kappa shape index (κ2) is 6.02. The number of para-hydroxylation sites is 1. The minimum atomic E-state index is 0.0724. The quantitative estimate of drug-likeness (QED) is 0.776.